The summed E-state index contributed by atoms with van der Waals surface area (Å²) in [4.78, 5) is 14.0. The number of carbonyl (C=O) groups excluding carboxylic acids is 1. The molecule has 0 aromatic heterocycles. The van der Waals surface area contributed by atoms with Gasteiger partial charge in [-0.05, 0) is 38.6 Å². The van der Waals surface area contributed by atoms with Crippen LogP contribution in [0.2, 0.25) is 0 Å². The highest BCUT2D eigenvalue weighted by Gasteiger charge is 2.36. The maximum Gasteiger partial charge on any atom is 0.127 e. The molecule has 2 aliphatic rings. The van der Waals surface area contributed by atoms with Crippen molar-refractivity contribution in [2.45, 2.75) is 51.5 Å². The Hall–Kier alpha value is -0.410. The number of ether oxygens (including phenoxy) is 1. The molecule has 3 heteroatoms. The van der Waals surface area contributed by atoms with Crippen LogP contribution in [0.4, 0.5) is 0 Å². The van der Waals surface area contributed by atoms with Crippen molar-refractivity contribution in [3.8, 4) is 0 Å². The van der Waals surface area contributed by atoms with Crippen molar-refractivity contribution in [3.05, 3.63) is 0 Å². The third-order valence-electron chi connectivity index (χ3n) is 4.48. The van der Waals surface area contributed by atoms with E-state index in [1.54, 1.807) is 0 Å². The number of piperidine rings is 1. The molecule has 2 heterocycles. The fraction of sp³-hybridized carbons (Fsp3) is 0.929. The number of likely N-dealkylation sites (tertiary alicyclic amines) is 1. The van der Waals surface area contributed by atoms with Crippen LogP contribution in [0.3, 0.4) is 0 Å². The van der Waals surface area contributed by atoms with Gasteiger partial charge in [0.15, 0.2) is 0 Å². The molecule has 1 atom stereocenters. The minimum Gasteiger partial charge on any atom is -0.381 e. The van der Waals surface area contributed by atoms with Crippen LogP contribution in [0.5, 0.6) is 0 Å². The fourth-order valence-electron chi connectivity index (χ4n) is 3.23. The first kappa shape index (κ1) is 13.0. The number of hydrogen-bond acceptors (Lipinski definition) is 3. The summed E-state index contributed by atoms with van der Waals surface area (Å²) in [5.74, 6) is 0. The number of hydrogen-bond donors (Lipinski definition) is 0. The topological polar surface area (TPSA) is 29.5 Å². The van der Waals surface area contributed by atoms with E-state index < -0.39 is 0 Å². The van der Waals surface area contributed by atoms with E-state index >= 15 is 0 Å². The molecule has 2 aliphatic heterocycles. The van der Waals surface area contributed by atoms with Gasteiger partial charge < -0.3 is 9.53 Å². The molecule has 0 amide bonds. The van der Waals surface area contributed by atoms with Crippen molar-refractivity contribution >= 4 is 6.29 Å². The SMILES string of the molecule is CCC1CCCCN1CC1(C=O)CCOCC1. The Morgan fingerprint density at radius 3 is 2.76 bits per heavy atom. The molecule has 0 saturated carbocycles. The second kappa shape index (κ2) is 5.96. The molecule has 0 bridgehead atoms. The maximum absolute atomic E-state index is 11.5. The largest absolute Gasteiger partial charge is 0.381 e. The zero-order chi connectivity index (χ0) is 12.1. The molecule has 17 heavy (non-hydrogen) atoms. The number of carbonyl (C=O) groups is 1. The second-order valence-corrected chi connectivity index (χ2v) is 5.62. The molecule has 0 aromatic carbocycles. The van der Waals surface area contributed by atoms with Gasteiger partial charge in [0.25, 0.3) is 0 Å². The lowest BCUT2D eigenvalue weighted by atomic mass is 9.80. The van der Waals surface area contributed by atoms with Crippen LogP contribution in [0.1, 0.15) is 45.4 Å². The van der Waals surface area contributed by atoms with Gasteiger partial charge in [-0.25, -0.2) is 0 Å². The Morgan fingerprint density at radius 2 is 2.12 bits per heavy atom. The predicted octanol–water partition coefficient (Wildman–Crippen LogP) is 2.25. The first-order chi connectivity index (χ1) is 8.29. The van der Waals surface area contributed by atoms with E-state index in [0.29, 0.717) is 6.04 Å². The predicted molar refractivity (Wildman–Crippen MR) is 68.1 cm³/mol. The van der Waals surface area contributed by atoms with Crippen LogP contribution < -0.4 is 0 Å². The van der Waals surface area contributed by atoms with Crippen molar-refractivity contribution in [2.75, 3.05) is 26.3 Å². The lowest BCUT2D eigenvalue weighted by Crippen LogP contribution is -2.48. The molecule has 2 saturated heterocycles. The van der Waals surface area contributed by atoms with E-state index in [2.05, 4.69) is 11.8 Å². The van der Waals surface area contributed by atoms with Crippen LogP contribution in [-0.4, -0.2) is 43.5 Å². The van der Waals surface area contributed by atoms with Crippen molar-refractivity contribution < 1.29 is 9.53 Å². The second-order valence-electron chi connectivity index (χ2n) is 5.62. The first-order valence-corrected chi connectivity index (χ1v) is 7.08. The highest BCUT2D eigenvalue weighted by Crippen LogP contribution is 2.32. The van der Waals surface area contributed by atoms with Crippen LogP contribution in [0.25, 0.3) is 0 Å². The monoisotopic (exact) mass is 239 g/mol. The Bertz CT molecular complexity index is 249. The molecular weight excluding hydrogens is 214 g/mol. The molecule has 2 fully saturated rings. The summed E-state index contributed by atoms with van der Waals surface area (Å²) in [6, 6.07) is 0.698. The summed E-state index contributed by atoms with van der Waals surface area (Å²) in [5.41, 5.74) is -0.122. The smallest absolute Gasteiger partial charge is 0.127 e. The van der Waals surface area contributed by atoms with Gasteiger partial charge in [-0.15, -0.1) is 0 Å². The normalized spacial score (nSPS) is 30.1. The highest BCUT2D eigenvalue weighted by atomic mass is 16.5. The lowest BCUT2D eigenvalue weighted by Gasteiger charge is -2.42. The van der Waals surface area contributed by atoms with Gasteiger partial charge in [0.1, 0.15) is 6.29 Å². The molecule has 0 aromatic rings. The van der Waals surface area contributed by atoms with Crippen molar-refractivity contribution in [1.82, 2.24) is 4.90 Å². The lowest BCUT2D eigenvalue weighted by molar-refractivity contribution is -0.124. The van der Waals surface area contributed by atoms with Crippen molar-refractivity contribution in [1.29, 1.82) is 0 Å². The molecule has 0 spiro atoms. The minimum atomic E-state index is -0.122. The summed E-state index contributed by atoms with van der Waals surface area (Å²) in [6.07, 6.45) is 8.19. The van der Waals surface area contributed by atoms with Crippen LogP contribution >= 0.6 is 0 Å². The summed E-state index contributed by atoms with van der Waals surface area (Å²) in [7, 11) is 0. The summed E-state index contributed by atoms with van der Waals surface area (Å²) < 4.78 is 5.39. The van der Waals surface area contributed by atoms with E-state index in [9.17, 15) is 4.79 Å². The number of aldehydes is 1. The summed E-state index contributed by atoms with van der Waals surface area (Å²) >= 11 is 0. The zero-order valence-corrected chi connectivity index (χ0v) is 11.0. The van der Waals surface area contributed by atoms with E-state index in [1.807, 2.05) is 0 Å². The molecular formula is C14H25NO2. The Balaban J connectivity index is 1.98. The summed E-state index contributed by atoms with van der Waals surface area (Å²) in [6.45, 7) is 5.90. The van der Waals surface area contributed by atoms with Gasteiger partial charge in [-0.2, -0.15) is 0 Å². The first-order valence-electron chi connectivity index (χ1n) is 7.08. The summed E-state index contributed by atoms with van der Waals surface area (Å²) in [5, 5.41) is 0. The Morgan fingerprint density at radius 1 is 1.35 bits per heavy atom. The van der Waals surface area contributed by atoms with Crippen LogP contribution in [-0.2, 0) is 9.53 Å². The quantitative estimate of drug-likeness (QED) is 0.705. The molecule has 98 valence electrons. The van der Waals surface area contributed by atoms with Gasteiger partial charge in [-0.1, -0.05) is 13.3 Å². The van der Waals surface area contributed by atoms with E-state index in [1.165, 1.54) is 38.5 Å². The van der Waals surface area contributed by atoms with Gasteiger partial charge in [0, 0.05) is 31.2 Å². The van der Waals surface area contributed by atoms with Crippen LogP contribution in [0, 0.1) is 5.41 Å². The van der Waals surface area contributed by atoms with Gasteiger partial charge in [0.2, 0.25) is 0 Å². The van der Waals surface area contributed by atoms with Crippen LogP contribution in [0.15, 0.2) is 0 Å². The van der Waals surface area contributed by atoms with E-state index in [4.69, 9.17) is 4.74 Å². The Kier molecular flexibility index (Phi) is 4.57. The third kappa shape index (κ3) is 3.08. The van der Waals surface area contributed by atoms with E-state index in [-0.39, 0.29) is 5.41 Å². The molecule has 0 N–H and O–H groups in total. The Labute approximate surface area is 105 Å². The average molecular weight is 239 g/mol. The highest BCUT2D eigenvalue weighted by molar-refractivity contribution is 5.60. The molecule has 0 radical (unpaired) electrons. The molecule has 0 aliphatic carbocycles. The van der Waals surface area contributed by atoms with Crippen molar-refractivity contribution in [2.24, 2.45) is 5.41 Å². The minimum absolute atomic E-state index is 0.122. The van der Waals surface area contributed by atoms with Gasteiger partial charge in [-0.3, -0.25) is 4.90 Å². The molecule has 2 rings (SSSR count). The van der Waals surface area contributed by atoms with E-state index in [0.717, 1.165) is 32.6 Å². The number of nitrogens with zero attached hydrogens (tertiary/aromatic N) is 1. The molecule has 1 unspecified atom stereocenters. The maximum atomic E-state index is 11.5. The molecule has 3 nitrogen and oxygen atoms in total. The van der Waals surface area contributed by atoms with Gasteiger partial charge in [0.05, 0.1) is 0 Å². The zero-order valence-electron chi connectivity index (χ0n) is 11.0. The third-order valence-corrected chi connectivity index (χ3v) is 4.48. The standard InChI is InChI=1S/C14H25NO2/c1-2-13-5-3-4-8-15(13)11-14(12-16)6-9-17-10-7-14/h12-13H,2-11H2,1H3. The van der Waals surface area contributed by atoms with Crippen molar-refractivity contribution in [3.63, 3.8) is 0 Å². The van der Waals surface area contributed by atoms with Gasteiger partial charge >= 0.3 is 0 Å². The fourth-order valence-corrected chi connectivity index (χ4v) is 3.23. The number of rotatable bonds is 4. The average Bonchev–Trinajstić information content (AvgIpc) is 2.40.